The third kappa shape index (κ3) is 3.31. The maximum atomic E-state index is 12.9. The molecule has 0 aromatic heterocycles. The van der Waals surface area contributed by atoms with Gasteiger partial charge in [0.15, 0.2) is 0 Å². The van der Waals surface area contributed by atoms with Crippen LogP contribution in [0.25, 0.3) is 0 Å². The summed E-state index contributed by atoms with van der Waals surface area (Å²) >= 11 is 0. The van der Waals surface area contributed by atoms with E-state index in [4.69, 9.17) is 5.26 Å². The first-order chi connectivity index (χ1) is 9.72. The van der Waals surface area contributed by atoms with Crippen molar-refractivity contribution in [2.45, 2.75) is 32.6 Å². The fourth-order valence-electron chi connectivity index (χ4n) is 3.34. The lowest BCUT2D eigenvalue weighted by atomic mass is 9.75. The summed E-state index contributed by atoms with van der Waals surface area (Å²) in [4.78, 5) is 17.2. The first kappa shape index (κ1) is 15.3. The van der Waals surface area contributed by atoms with Gasteiger partial charge in [0, 0.05) is 39.1 Å². The van der Waals surface area contributed by atoms with Crippen molar-refractivity contribution in [3.63, 3.8) is 0 Å². The van der Waals surface area contributed by atoms with Crippen LogP contribution >= 0.6 is 0 Å². The molecule has 2 rings (SSSR count). The molecule has 2 heterocycles. The fourth-order valence-corrected chi connectivity index (χ4v) is 3.34. The van der Waals surface area contributed by atoms with Crippen molar-refractivity contribution in [1.82, 2.24) is 15.1 Å². The van der Waals surface area contributed by atoms with Crippen molar-refractivity contribution in [1.29, 1.82) is 5.26 Å². The average Bonchev–Trinajstić information content (AvgIpc) is 2.53. The van der Waals surface area contributed by atoms with Gasteiger partial charge in [-0.2, -0.15) is 5.26 Å². The Morgan fingerprint density at radius 1 is 1.25 bits per heavy atom. The van der Waals surface area contributed by atoms with Crippen LogP contribution in [0.15, 0.2) is 0 Å². The van der Waals surface area contributed by atoms with E-state index in [1.807, 2.05) is 0 Å². The second kappa shape index (κ2) is 7.05. The highest BCUT2D eigenvalue weighted by atomic mass is 16.2. The summed E-state index contributed by atoms with van der Waals surface area (Å²) in [5.74, 6) is 0.362. The number of nitrogens with zero attached hydrogens (tertiary/aromatic N) is 3. The number of rotatable bonds is 4. The van der Waals surface area contributed by atoms with E-state index in [-0.39, 0.29) is 5.41 Å². The molecule has 5 nitrogen and oxygen atoms in total. The highest BCUT2D eigenvalue weighted by Gasteiger charge is 2.40. The number of hydrogen-bond donors (Lipinski definition) is 1. The van der Waals surface area contributed by atoms with Gasteiger partial charge < -0.3 is 10.2 Å². The van der Waals surface area contributed by atoms with Crippen LogP contribution < -0.4 is 5.32 Å². The summed E-state index contributed by atoms with van der Waals surface area (Å²) in [5, 5.41) is 12.0. The maximum absolute atomic E-state index is 12.9. The van der Waals surface area contributed by atoms with Crippen LogP contribution in [0.5, 0.6) is 0 Å². The van der Waals surface area contributed by atoms with Gasteiger partial charge >= 0.3 is 0 Å². The van der Waals surface area contributed by atoms with E-state index in [0.29, 0.717) is 12.3 Å². The Hall–Kier alpha value is -1.12. The molecule has 0 aliphatic carbocycles. The maximum Gasteiger partial charge on any atom is 0.228 e. The second-order valence-electron chi connectivity index (χ2n) is 5.93. The smallest absolute Gasteiger partial charge is 0.228 e. The van der Waals surface area contributed by atoms with Gasteiger partial charge in [-0.3, -0.25) is 9.69 Å². The minimum atomic E-state index is -0.125. The van der Waals surface area contributed by atoms with E-state index in [0.717, 1.165) is 65.1 Å². The van der Waals surface area contributed by atoms with Crippen molar-refractivity contribution in [3.05, 3.63) is 0 Å². The van der Waals surface area contributed by atoms with Crippen molar-refractivity contribution < 1.29 is 4.79 Å². The zero-order chi connectivity index (χ0) is 14.4. The van der Waals surface area contributed by atoms with Gasteiger partial charge in [0.25, 0.3) is 0 Å². The van der Waals surface area contributed by atoms with E-state index in [1.54, 1.807) is 0 Å². The lowest BCUT2D eigenvalue weighted by molar-refractivity contribution is -0.146. The summed E-state index contributed by atoms with van der Waals surface area (Å²) < 4.78 is 0. The molecular weight excluding hydrogens is 252 g/mol. The average molecular weight is 278 g/mol. The van der Waals surface area contributed by atoms with Gasteiger partial charge in [0.2, 0.25) is 5.91 Å². The molecule has 0 unspecified atom stereocenters. The van der Waals surface area contributed by atoms with Crippen molar-refractivity contribution in [2.24, 2.45) is 5.41 Å². The summed E-state index contributed by atoms with van der Waals surface area (Å²) in [6.07, 6.45) is 3.47. The summed E-state index contributed by atoms with van der Waals surface area (Å²) in [7, 11) is 0. The van der Waals surface area contributed by atoms with Crippen molar-refractivity contribution >= 4 is 5.91 Å². The van der Waals surface area contributed by atoms with Gasteiger partial charge in [-0.05, 0) is 32.4 Å². The lowest BCUT2D eigenvalue weighted by Gasteiger charge is -2.42. The molecule has 2 saturated heterocycles. The fraction of sp³-hybridized carbons (Fsp3) is 0.867. The monoisotopic (exact) mass is 278 g/mol. The number of carbonyl (C=O) groups excluding carboxylic acids is 1. The predicted molar refractivity (Wildman–Crippen MR) is 78.1 cm³/mol. The third-order valence-corrected chi connectivity index (χ3v) is 4.89. The first-order valence-corrected chi connectivity index (χ1v) is 7.81. The third-order valence-electron chi connectivity index (χ3n) is 4.89. The molecule has 0 aromatic carbocycles. The molecule has 0 atom stereocenters. The molecule has 0 saturated carbocycles. The van der Waals surface area contributed by atoms with E-state index < -0.39 is 0 Å². The second-order valence-corrected chi connectivity index (χ2v) is 5.93. The first-order valence-electron chi connectivity index (χ1n) is 7.81. The van der Waals surface area contributed by atoms with Crippen LogP contribution in [-0.4, -0.2) is 61.5 Å². The zero-order valence-electron chi connectivity index (χ0n) is 12.5. The Morgan fingerprint density at radius 3 is 2.45 bits per heavy atom. The number of piperazine rings is 1. The molecule has 0 bridgehead atoms. The summed E-state index contributed by atoms with van der Waals surface area (Å²) in [6, 6.07) is 2.19. The number of carbonyl (C=O) groups is 1. The molecule has 1 N–H and O–H groups in total. The topological polar surface area (TPSA) is 59.4 Å². The van der Waals surface area contributed by atoms with E-state index in [1.165, 1.54) is 0 Å². The molecule has 0 spiro atoms. The van der Waals surface area contributed by atoms with Gasteiger partial charge in [0.1, 0.15) is 0 Å². The minimum Gasteiger partial charge on any atom is -0.340 e. The molecule has 5 heteroatoms. The normalized spacial score (nSPS) is 23.3. The van der Waals surface area contributed by atoms with Crippen LogP contribution in [0, 0.1) is 16.7 Å². The van der Waals surface area contributed by atoms with Crippen LogP contribution in [0.3, 0.4) is 0 Å². The Balaban J connectivity index is 1.89. The zero-order valence-corrected chi connectivity index (χ0v) is 12.5. The molecule has 2 aliphatic heterocycles. The Bertz CT molecular complexity index is 363. The predicted octanol–water partition coefficient (Wildman–Crippen LogP) is 0.824. The van der Waals surface area contributed by atoms with Gasteiger partial charge in [-0.1, -0.05) is 6.92 Å². The van der Waals surface area contributed by atoms with E-state index >= 15 is 0 Å². The minimum absolute atomic E-state index is 0.125. The SMILES string of the molecule is CCC1(C(=O)N2CCN(CCC#N)CC2)CCNCC1. The number of nitrogens with one attached hydrogen (secondary N) is 1. The van der Waals surface area contributed by atoms with E-state index in [2.05, 4.69) is 28.1 Å². The van der Waals surface area contributed by atoms with Crippen LogP contribution in [0.4, 0.5) is 0 Å². The van der Waals surface area contributed by atoms with Crippen LogP contribution in [0.2, 0.25) is 0 Å². The molecule has 2 fully saturated rings. The molecule has 0 radical (unpaired) electrons. The van der Waals surface area contributed by atoms with Crippen LogP contribution in [0.1, 0.15) is 32.6 Å². The number of piperidine rings is 1. The van der Waals surface area contributed by atoms with Crippen LogP contribution in [-0.2, 0) is 4.79 Å². The largest absolute Gasteiger partial charge is 0.340 e. The molecule has 2 aliphatic rings. The van der Waals surface area contributed by atoms with E-state index in [9.17, 15) is 4.79 Å². The summed E-state index contributed by atoms with van der Waals surface area (Å²) in [6.45, 7) is 8.35. The molecule has 1 amide bonds. The van der Waals surface area contributed by atoms with Gasteiger partial charge in [-0.15, -0.1) is 0 Å². The highest BCUT2D eigenvalue weighted by Crippen LogP contribution is 2.34. The molecule has 20 heavy (non-hydrogen) atoms. The Labute approximate surface area is 121 Å². The van der Waals surface area contributed by atoms with Gasteiger partial charge in [-0.25, -0.2) is 0 Å². The standard InChI is InChI=1S/C15H26N4O/c1-2-15(4-7-17-8-5-15)14(20)19-12-10-18(11-13-19)9-3-6-16/h17H,2-5,7-13H2,1H3. The Morgan fingerprint density at radius 2 is 1.90 bits per heavy atom. The summed E-state index contributed by atoms with van der Waals surface area (Å²) in [5.41, 5.74) is -0.125. The quantitative estimate of drug-likeness (QED) is 0.827. The van der Waals surface area contributed by atoms with Crippen molar-refractivity contribution in [3.8, 4) is 6.07 Å². The number of hydrogen-bond acceptors (Lipinski definition) is 4. The highest BCUT2D eigenvalue weighted by molar-refractivity contribution is 5.83. The molecular formula is C15H26N4O. The molecule has 112 valence electrons. The number of amides is 1. The molecule has 0 aromatic rings. The lowest BCUT2D eigenvalue weighted by Crippen LogP contribution is -2.55. The number of nitriles is 1. The van der Waals surface area contributed by atoms with Crippen molar-refractivity contribution in [2.75, 3.05) is 45.8 Å². The Kier molecular flexibility index (Phi) is 5.38. The van der Waals surface area contributed by atoms with Gasteiger partial charge in [0.05, 0.1) is 11.5 Å².